The van der Waals surface area contributed by atoms with Crippen molar-refractivity contribution in [2.75, 3.05) is 0 Å². The monoisotopic (exact) mass is 336 g/mol. The third-order valence-corrected chi connectivity index (χ3v) is 6.00. The fourth-order valence-electron chi connectivity index (χ4n) is 4.24. The van der Waals surface area contributed by atoms with Gasteiger partial charge in [-0.25, -0.2) is 0 Å². The van der Waals surface area contributed by atoms with E-state index in [4.69, 9.17) is 0 Å². The zero-order valence-corrected chi connectivity index (χ0v) is 17.0. The van der Waals surface area contributed by atoms with E-state index in [0.29, 0.717) is 0 Å². The lowest BCUT2D eigenvalue weighted by Gasteiger charge is -2.05. The Bertz CT molecular complexity index is 110. The maximum absolute atomic E-state index is 1.50. The first kappa shape index (κ1) is 22.0. The molecule has 2 aliphatic carbocycles. The quantitative estimate of drug-likeness (QED) is 0.413. The Kier molecular flexibility index (Phi) is 17.7. The standard InChI is InChI=1S/2C12H24/c2*1-2-4-6-8-10-12-11-9-7-5-3-1/h2*1-12H2. The number of rotatable bonds is 0. The van der Waals surface area contributed by atoms with Crippen LogP contribution in [0.3, 0.4) is 0 Å². The van der Waals surface area contributed by atoms with Crippen LogP contribution in [0.4, 0.5) is 0 Å². The SMILES string of the molecule is C1CCCCCCCCCCC1.C1CCCCCCCCCCC1. The van der Waals surface area contributed by atoms with Gasteiger partial charge < -0.3 is 0 Å². The molecule has 0 amide bonds. The van der Waals surface area contributed by atoms with Gasteiger partial charge in [0.05, 0.1) is 0 Å². The molecule has 0 radical (unpaired) electrons. The molecule has 0 bridgehead atoms. The molecule has 0 atom stereocenters. The molecule has 144 valence electrons. The second kappa shape index (κ2) is 19.3. The molecule has 0 aromatic rings. The highest BCUT2D eigenvalue weighted by atomic mass is 14.0. The molecule has 0 aliphatic heterocycles. The second-order valence-electron chi connectivity index (χ2n) is 8.49. The van der Waals surface area contributed by atoms with Gasteiger partial charge in [0, 0.05) is 0 Å². The summed E-state index contributed by atoms with van der Waals surface area (Å²) in [7, 11) is 0. The van der Waals surface area contributed by atoms with E-state index in [0.717, 1.165) is 0 Å². The molecule has 0 nitrogen and oxygen atoms in total. The van der Waals surface area contributed by atoms with Crippen molar-refractivity contribution in [2.45, 2.75) is 154 Å². The van der Waals surface area contributed by atoms with Crippen LogP contribution in [0.25, 0.3) is 0 Å². The molecule has 0 spiro atoms. The van der Waals surface area contributed by atoms with Crippen LogP contribution < -0.4 is 0 Å². The van der Waals surface area contributed by atoms with E-state index < -0.39 is 0 Å². The fraction of sp³-hybridized carbons (Fsp3) is 1.00. The van der Waals surface area contributed by atoms with Crippen molar-refractivity contribution in [3.05, 3.63) is 0 Å². The molecule has 0 aromatic carbocycles. The molecule has 0 unspecified atom stereocenters. The molecule has 2 fully saturated rings. The number of hydrogen-bond donors (Lipinski definition) is 0. The summed E-state index contributed by atoms with van der Waals surface area (Å²) >= 11 is 0. The van der Waals surface area contributed by atoms with Gasteiger partial charge in [-0.2, -0.15) is 0 Å². The summed E-state index contributed by atoms with van der Waals surface area (Å²) in [6, 6.07) is 0. The van der Waals surface area contributed by atoms with Crippen LogP contribution in [0.5, 0.6) is 0 Å². The van der Waals surface area contributed by atoms with E-state index >= 15 is 0 Å². The maximum atomic E-state index is 1.50. The zero-order valence-electron chi connectivity index (χ0n) is 17.0. The molecule has 2 rings (SSSR count). The van der Waals surface area contributed by atoms with Crippen molar-refractivity contribution in [2.24, 2.45) is 0 Å². The molecular weight excluding hydrogens is 288 g/mol. The first-order valence-corrected chi connectivity index (χ1v) is 12.0. The Morgan fingerprint density at radius 2 is 0.125 bits per heavy atom. The van der Waals surface area contributed by atoms with Crippen LogP contribution in [0.15, 0.2) is 0 Å². The first-order valence-electron chi connectivity index (χ1n) is 12.0. The highest BCUT2D eigenvalue weighted by molar-refractivity contribution is 4.52. The minimum absolute atomic E-state index is 1.50. The predicted octanol–water partition coefficient (Wildman–Crippen LogP) is 9.36. The van der Waals surface area contributed by atoms with Gasteiger partial charge in [0.25, 0.3) is 0 Å². The lowest BCUT2D eigenvalue weighted by atomic mass is 10.0. The molecule has 0 aromatic heterocycles. The van der Waals surface area contributed by atoms with E-state index in [9.17, 15) is 0 Å². The van der Waals surface area contributed by atoms with Crippen molar-refractivity contribution in [3.8, 4) is 0 Å². The molecule has 2 aliphatic rings. The van der Waals surface area contributed by atoms with E-state index in [2.05, 4.69) is 0 Å². The third kappa shape index (κ3) is 16.8. The highest BCUT2D eigenvalue weighted by Gasteiger charge is 1.97. The lowest BCUT2D eigenvalue weighted by molar-refractivity contribution is 0.504. The maximum Gasteiger partial charge on any atom is -0.0533 e. The number of hydrogen-bond acceptors (Lipinski definition) is 0. The Hall–Kier alpha value is 0. The van der Waals surface area contributed by atoms with Gasteiger partial charge in [-0.3, -0.25) is 0 Å². The molecule has 0 N–H and O–H groups in total. The second-order valence-corrected chi connectivity index (χ2v) is 8.49. The molecule has 2 saturated carbocycles. The summed E-state index contributed by atoms with van der Waals surface area (Å²) in [6.45, 7) is 0. The van der Waals surface area contributed by atoms with Crippen LogP contribution in [0.2, 0.25) is 0 Å². The Balaban J connectivity index is 0.000000240. The van der Waals surface area contributed by atoms with Gasteiger partial charge in [0.2, 0.25) is 0 Å². The topological polar surface area (TPSA) is 0 Å². The van der Waals surface area contributed by atoms with Gasteiger partial charge in [0.15, 0.2) is 0 Å². The zero-order chi connectivity index (χ0) is 17.0. The molecule has 24 heavy (non-hydrogen) atoms. The average Bonchev–Trinajstić information content (AvgIpc) is 2.56. The Morgan fingerprint density at radius 1 is 0.0833 bits per heavy atom. The smallest absolute Gasteiger partial charge is 0.0533 e. The van der Waals surface area contributed by atoms with Crippen LogP contribution in [0.1, 0.15) is 154 Å². The van der Waals surface area contributed by atoms with Crippen molar-refractivity contribution in [1.82, 2.24) is 0 Å². The Labute approximate surface area is 154 Å². The third-order valence-electron chi connectivity index (χ3n) is 6.00. The molecule has 0 heterocycles. The van der Waals surface area contributed by atoms with Crippen LogP contribution in [-0.2, 0) is 0 Å². The summed E-state index contributed by atoms with van der Waals surface area (Å²) in [5, 5.41) is 0. The van der Waals surface area contributed by atoms with Crippen molar-refractivity contribution >= 4 is 0 Å². The summed E-state index contributed by atoms with van der Waals surface area (Å²) in [5.74, 6) is 0. The van der Waals surface area contributed by atoms with Gasteiger partial charge >= 0.3 is 0 Å². The minimum Gasteiger partial charge on any atom is -0.0533 e. The van der Waals surface area contributed by atoms with Crippen molar-refractivity contribution in [3.63, 3.8) is 0 Å². The van der Waals surface area contributed by atoms with E-state index in [1.165, 1.54) is 154 Å². The van der Waals surface area contributed by atoms with Gasteiger partial charge in [0.1, 0.15) is 0 Å². The highest BCUT2D eigenvalue weighted by Crippen LogP contribution is 2.17. The summed E-state index contributed by atoms with van der Waals surface area (Å²) in [5.41, 5.74) is 0. The van der Waals surface area contributed by atoms with Gasteiger partial charge in [-0.15, -0.1) is 0 Å². The molecule has 0 saturated heterocycles. The summed E-state index contributed by atoms with van der Waals surface area (Å²) < 4.78 is 0. The first-order chi connectivity index (χ1) is 12.0. The minimum atomic E-state index is 1.50. The molecule has 0 heteroatoms. The average molecular weight is 337 g/mol. The predicted molar refractivity (Wildman–Crippen MR) is 111 cm³/mol. The van der Waals surface area contributed by atoms with Crippen molar-refractivity contribution < 1.29 is 0 Å². The van der Waals surface area contributed by atoms with Gasteiger partial charge in [-0.1, -0.05) is 154 Å². The van der Waals surface area contributed by atoms with E-state index in [1.807, 2.05) is 0 Å². The lowest BCUT2D eigenvalue weighted by Crippen LogP contribution is -1.85. The van der Waals surface area contributed by atoms with E-state index in [-0.39, 0.29) is 0 Å². The van der Waals surface area contributed by atoms with Crippen LogP contribution in [-0.4, -0.2) is 0 Å². The van der Waals surface area contributed by atoms with Crippen LogP contribution in [0, 0.1) is 0 Å². The van der Waals surface area contributed by atoms with Gasteiger partial charge in [-0.05, 0) is 0 Å². The summed E-state index contributed by atoms with van der Waals surface area (Å²) in [6.07, 6.45) is 36.0. The summed E-state index contributed by atoms with van der Waals surface area (Å²) in [4.78, 5) is 0. The van der Waals surface area contributed by atoms with Crippen molar-refractivity contribution in [1.29, 1.82) is 0 Å². The fourth-order valence-corrected chi connectivity index (χ4v) is 4.24. The Morgan fingerprint density at radius 3 is 0.167 bits per heavy atom. The largest absolute Gasteiger partial charge is 0.0533 e. The molecular formula is C24H48. The van der Waals surface area contributed by atoms with Crippen LogP contribution >= 0.6 is 0 Å². The normalized spacial score (nSPS) is 24.0. The van der Waals surface area contributed by atoms with E-state index in [1.54, 1.807) is 0 Å².